The highest BCUT2D eigenvalue weighted by molar-refractivity contribution is 7.89. The number of benzene rings is 2. The Morgan fingerprint density at radius 3 is 2.26 bits per heavy atom. The van der Waals surface area contributed by atoms with Crippen molar-refractivity contribution in [3.8, 4) is 11.5 Å². The second-order valence-corrected chi connectivity index (χ2v) is 8.46. The largest absolute Gasteiger partial charge is 0.457 e. The summed E-state index contributed by atoms with van der Waals surface area (Å²) < 4.78 is 32.7. The molecule has 1 amide bonds. The van der Waals surface area contributed by atoms with E-state index in [0.717, 1.165) is 10.7 Å². The van der Waals surface area contributed by atoms with Crippen LogP contribution in [0.1, 0.15) is 19.3 Å². The summed E-state index contributed by atoms with van der Waals surface area (Å²) in [5, 5.41) is 9.48. The molecule has 1 saturated heterocycles. The van der Waals surface area contributed by atoms with Gasteiger partial charge in [-0.15, -0.1) is 0 Å². The average molecular weight is 411 g/mol. The van der Waals surface area contributed by atoms with E-state index < -0.39 is 22.0 Å². The van der Waals surface area contributed by atoms with Crippen LogP contribution < -0.4 is 10.2 Å². The summed E-state index contributed by atoms with van der Waals surface area (Å²) in [7, 11) is -3.87. The number of carbonyl (C=O) groups excluding carboxylic acids is 1. The lowest BCUT2D eigenvalue weighted by Gasteiger charge is -2.33. The summed E-state index contributed by atoms with van der Waals surface area (Å²) in [5.41, 5.74) is 1.55. The van der Waals surface area contributed by atoms with E-state index in [4.69, 9.17) is 21.5 Å². The molecule has 1 aliphatic rings. The average Bonchev–Trinajstić information content (AvgIpc) is 2.69. The van der Waals surface area contributed by atoms with Gasteiger partial charge in [-0.05, 0) is 61.4 Å². The maximum atomic E-state index is 12.9. The van der Waals surface area contributed by atoms with Gasteiger partial charge >= 0.3 is 0 Å². The number of nitrogens with zero attached hydrogens (tertiary/aromatic N) is 1. The van der Waals surface area contributed by atoms with Crippen molar-refractivity contribution in [3.05, 3.63) is 53.6 Å². The van der Waals surface area contributed by atoms with Gasteiger partial charge < -0.3 is 4.74 Å². The van der Waals surface area contributed by atoms with Gasteiger partial charge in [0.2, 0.25) is 10.0 Å². The Bertz CT molecular complexity index is 900. The molecule has 0 radical (unpaired) electrons. The lowest BCUT2D eigenvalue weighted by atomic mass is 10.0. The number of piperidine rings is 1. The minimum atomic E-state index is -3.87. The molecule has 0 bridgehead atoms. The van der Waals surface area contributed by atoms with Gasteiger partial charge in [0.15, 0.2) is 0 Å². The number of sulfonamides is 1. The maximum Gasteiger partial charge on any atom is 0.261 e. The minimum absolute atomic E-state index is 0.0589. The Labute approximate surface area is 162 Å². The number of hydroxylamine groups is 1. The van der Waals surface area contributed by atoms with Crippen molar-refractivity contribution < 1.29 is 23.2 Å². The Balaban J connectivity index is 1.80. The first-order valence-electron chi connectivity index (χ1n) is 8.41. The number of carbonyl (C=O) groups is 1. The number of hydrogen-bond acceptors (Lipinski definition) is 5. The van der Waals surface area contributed by atoms with Crippen molar-refractivity contribution in [3.63, 3.8) is 0 Å². The molecule has 1 atom stereocenters. The summed E-state index contributed by atoms with van der Waals surface area (Å²) in [5.74, 6) is 0.325. The van der Waals surface area contributed by atoms with Gasteiger partial charge in [0, 0.05) is 11.6 Å². The van der Waals surface area contributed by atoms with Gasteiger partial charge in [-0.2, -0.15) is 4.31 Å². The zero-order chi connectivity index (χ0) is 19.4. The highest BCUT2D eigenvalue weighted by Gasteiger charge is 2.37. The van der Waals surface area contributed by atoms with E-state index in [2.05, 4.69) is 0 Å². The standard InChI is InChI=1S/C18H19ClN2O5S/c19-13-4-6-14(7-5-13)26-15-8-10-16(11-9-15)27(24,25)21-12-2-1-3-17(21)18(22)20-23/h4-11,17,23H,1-3,12H2,(H,20,22). The molecule has 1 aliphatic heterocycles. The fourth-order valence-electron chi connectivity index (χ4n) is 2.98. The maximum absolute atomic E-state index is 12.9. The van der Waals surface area contributed by atoms with Gasteiger partial charge in [0.1, 0.15) is 17.5 Å². The molecule has 3 rings (SSSR count). The van der Waals surface area contributed by atoms with E-state index in [-0.39, 0.29) is 11.4 Å². The van der Waals surface area contributed by atoms with Crippen LogP contribution in [0.3, 0.4) is 0 Å². The monoisotopic (exact) mass is 410 g/mol. The van der Waals surface area contributed by atoms with Gasteiger partial charge in [0.25, 0.3) is 5.91 Å². The first kappa shape index (κ1) is 19.6. The number of ether oxygens (including phenoxy) is 1. The van der Waals surface area contributed by atoms with Gasteiger partial charge in [-0.1, -0.05) is 18.0 Å². The molecule has 0 spiro atoms. The molecular weight excluding hydrogens is 392 g/mol. The molecule has 1 fully saturated rings. The molecule has 2 N–H and O–H groups in total. The van der Waals surface area contributed by atoms with Crippen molar-refractivity contribution >= 4 is 27.5 Å². The van der Waals surface area contributed by atoms with E-state index in [0.29, 0.717) is 29.4 Å². The third kappa shape index (κ3) is 4.41. The molecule has 2 aromatic carbocycles. The normalized spacial score (nSPS) is 18.1. The molecule has 2 aromatic rings. The van der Waals surface area contributed by atoms with E-state index in [1.54, 1.807) is 41.9 Å². The first-order valence-corrected chi connectivity index (χ1v) is 10.2. The predicted molar refractivity (Wildman–Crippen MR) is 99.4 cm³/mol. The van der Waals surface area contributed by atoms with Crippen molar-refractivity contribution in [2.24, 2.45) is 0 Å². The minimum Gasteiger partial charge on any atom is -0.457 e. The topological polar surface area (TPSA) is 95.9 Å². The predicted octanol–water partition coefficient (Wildman–Crippen LogP) is 3.18. The molecule has 1 unspecified atom stereocenters. The van der Waals surface area contributed by atoms with Crippen LogP contribution in [0, 0.1) is 0 Å². The molecule has 144 valence electrons. The highest BCUT2D eigenvalue weighted by Crippen LogP contribution is 2.28. The lowest BCUT2D eigenvalue weighted by Crippen LogP contribution is -2.51. The van der Waals surface area contributed by atoms with Crippen LogP contribution in [0.25, 0.3) is 0 Å². The fourth-order valence-corrected chi connectivity index (χ4v) is 4.77. The van der Waals surface area contributed by atoms with Crippen LogP contribution in [0.2, 0.25) is 5.02 Å². The summed E-state index contributed by atoms with van der Waals surface area (Å²) in [6.07, 6.45) is 1.74. The quantitative estimate of drug-likeness (QED) is 0.583. The first-order chi connectivity index (χ1) is 12.9. The second kappa shape index (κ2) is 8.26. The van der Waals surface area contributed by atoms with Crippen molar-refractivity contribution in [2.45, 2.75) is 30.2 Å². The Hall–Kier alpha value is -2.13. The van der Waals surface area contributed by atoms with Gasteiger partial charge in [0.05, 0.1) is 4.90 Å². The van der Waals surface area contributed by atoms with E-state index in [1.807, 2.05) is 0 Å². The third-order valence-electron chi connectivity index (χ3n) is 4.35. The molecular formula is C18H19ClN2O5S. The Morgan fingerprint density at radius 2 is 1.67 bits per heavy atom. The second-order valence-electron chi connectivity index (χ2n) is 6.13. The number of amides is 1. The van der Waals surface area contributed by atoms with Crippen LogP contribution in [0.15, 0.2) is 53.4 Å². The smallest absolute Gasteiger partial charge is 0.261 e. The van der Waals surface area contributed by atoms with Gasteiger partial charge in [-0.25, -0.2) is 13.9 Å². The van der Waals surface area contributed by atoms with E-state index in [9.17, 15) is 13.2 Å². The molecule has 0 aliphatic carbocycles. The molecule has 7 nitrogen and oxygen atoms in total. The zero-order valence-electron chi connectivity index (χ0n) is 14.3. The Morgan fingerprint density at radius 1 is 1.07 bits per heavy atom. The molecule has 9 heteroatoms. The number of rotatable bonds is 5. The molecule has 1 heterocycles. The molecule has 0 aromatic heterocycles. The SMILES string of the molecule is O=C(NO)C1CCCCN1S(=O)(=O)c1ccc(Oc2ccc(Cl)cc2)cc1. The fraction of sp³-hybridized carbons (Fsp3) is 0.278. The number of halogens is 1. The molecule has 27 heavy (non-hydrogen) atoms. The van der Waals surface area contributed by atoms with Gasteiger partial charge in [-0.3, -0.25) is 10.0 Å². The summed E-state index contributed by atoms with van der Waals surface area (Å²) in [6, 6.07) is 11.8. The van der Waals surface area contributed by atoms with Crippen molar-refractivity contribution in [2.75, 3.05) is 6.54 Å². The van der Waals surface area contributed by atoms with Crippen LogP contribution in [-0.2, 0) is 14.8 Å². The summed E-state index contributed by atoms with van der Waals surface area (Å²) >= 11 is 5.83. The third-order valence-corrected chi connectivity index (χ3v) is 6.52. The summed E-state index contributed by atoms with van der Waals surface area (Å²) in [4.78, 5) is 11.9. The lowest BCUT2D eigenvalue weighted by molar-refractivity contribution is -0.134. The number of nitrogens with one attached hydrogen (secondary N) is 1. The van der Waals surface area contributed by atoms with Crippen LogP contribution in [0.4, 0.5) is 0 Å². The van der Waals surface area contributed by atoms with Crippen molar-refractivity contribution in [1.29, 1.82) is 0 Å². The summed E-state index contributed by atoms with van der Waals surface area (Å²) in [6.45, 7) is 0.226. The number of hydrogen-bond donors (Lipinski definition) is 2. The van der Waals surface area contributed by atoms with Crippen LogP contribution in [0.5, 0.6) is 11.5 Å². The zero-order valence-corrected chi connectivity index (χ0v) is 15.9. The molecule has 0 saturated carbocycles. The highest BCUT2D eigenvalue weighted by atomic mass is 35.5. The van der Waals surface area contributed by atoms with E-state index >= 15 is 0 Å². The van der Waals surface area contributed by atoms with Crippen LogP contribution >= 0.6 is 11.6 Å². The van der Waals surface area contributed by atoms with Crippen molar-refractivity contribution in [1.82, 2.24) is 9.79 Å². The Kier molecular flexibility index (Phi) is 6.01. The van der Waals surface area contributed by atoms with Crippen LogP contribution in [-0.4, -0.2) is 36.4 Å². The van der Waals surface area contributed by atoms with E-state index in [1.165, 1.54) is 12.1 Å².